The van der Waals surface area contributed by atoms with Crippen LogP contribution < -0.4 is 4.74 Å². The Bertz CT molecular complexity index is 349. The van der Waals surface area contributed by atoms with E-state index < -0.39 is 6.10 Å². The average Bonchev–Trinajstić information content (AvgIpc) is 2.35. The molecule has 0 saturated heterocycles. The number of aliphatic hydroxyl groups excluding tert-OH is 2. The molecule has 16 heavy (non-hydrogen) atoms. The van der Waals surface area contributed by atoms with Crippen LogP contribution in [0.1, 0.15) is 24.0 Å². The second-order valence-electron chi connectivity index (χ2n) is 4.29. The first kappa shape index (κ1) is 11.4. The molecule has 0 aliphatic heterocycles. The van der Waals surface area contributed by atoms with E-state index in [-0.39, 0.29) is 13.2 Å². The minimum absolute atomic E-state index is 0.148. The lowest BCUT2D eigenvalue weighted by Gasteiger charge is -2.17. The van der Waals surface area contributed by atoms with Crippen molar-refractivity contribution < 1.29 is 14.9 Å². The highest BCUT2D eigenvalue weighted by Crippen LogP contribution is 2.25. The van der Waals surface area contributed by atoms with Gasteiger partial charge in [-0.15, -0.1) is 0 Å². The van der Waals surface area contributed by atoms with Gasteiger partial charge < -0.3 is 14.9 Å². The zero-order chi connectivity index (χ0) is 11.4. The summed E-state index contributed by atoms with van der Waals surface area (Å²) < 4.78 is 5.41. The fourth-order valence-electron chi connectivity index (χ4n) is 2.04. The van der Waals surface area contributed by atoms with Crippen molar-refractivity contribution in [2.45, 2.75) is 31.8 Å². The molecule has 88 valence electrons. The minimum Gasteiger partial charge on any atom is -0.491 e. The van der Waals surface area contributed by atoms with Crippen molar-refractivity contribution in [2.75, 3.05) is 13.2 Å². The van der Waals surface area contributed by atoms with Gasteiger partial charge in [-0.2, -0.15) is 0 Å². The number of aryl methyl sites for hydroxylation is 2. The van der Waals surface area contributed by atoms with Crippen molar-refractivity contribution >= 4 is 0 Å². The summed E-state index contributed by atoms with van der Waals surface area (Å²) >= 11 is 0. The zero-order valence-electron chi connectivity index (χ0n) is 9.35. The SMILES string of the molecule is OCC(O)COc1ccc2c(c1)CCCC2. The summed E-state index contributed by atoms with van der Waals surface area (Å²) in [6.45, 7) is -0.111. The van der Waals surface area contributed by atoms with Crippen molar-refractivity contribution in [1.82, 2.24) is 0 Å². The van der Waals surface area contributed by atoms with E-state index in [1.807, 2.05) is 6.07 Å². The maximum atomic E-state index is 9.18. The Kier molecular flexibility index (Phi) is 3.80. The molecular weight excluding hydrogens is 204 g/mol. The molecule has 3 heteroatoms. The molecule has 2 rings (SSSR count). The molecule has 0 heterocycles. The summed E-state index contributed by atoms with van der Waals surface area (Å²) in [5, 5.41) is 17.9. The lowest BCUT2D eigenvalue weighted by Crippen LogP contribution is -2.21. The molecule has 2 N–H and O–H groups in total. The first-order chi connectivity index (χ1) is 7.79. The van der Waals surface area contributed by atoms with Gasteiger partial charge in [0.05, 0.1) is 6.61 Å². The average molecular weight is 222 g/mol. The number of ether oxygens (including phenoxy) is 1. The van der Waals surface area contributed by atoms with Crippen LogP contribution in [0.5, 0.6) is 5.75 Å². The number of hydrogen-bond acceptors (Lipinski definition) is 3. The quantitative estimate of drug-likeness (QED) is 0.807. The van der Waals surface area contributed by atoms with Crippen molar-refractivity contribution in [3.05, 3.63) is 29.3 Å². The molecular formula is C13H18O3. The standard InChI is InChI=1S/C13H18O3/c14-8-12(15)9-16-13-6-5-10-3-1-2-4-11(10)7-13/h5-7,12,14-15H,1-4,8-9H2. The fraction of sp³-hybridized carbons (Fsp3) is 0.538. The molecule has 0 fully saturated rings. The van der Waals surface area contributed by atoms with Crippen molar-refractivity contribution in [3.63, 3.8) is 0 Å². The van der Waals surface area contributed by atoms with E-state index in [1.54, 1.807) is 0 Å². The molecule has 1 atom stereocenters. The van der Waals surface area contributed by atoms with E-state index in [0.717, 1.165) is 18.6 Å². The highest BCUT2D eigenvalue weighted by atomic mass is 16.5. The normalized spacial score (nSPS) is 16.6. The molecule has 0 radical (unpaired) electrons. The Hall–Kier alpha value is -1.06. The van der Waals surface area contributed by atoms with Crippen LogP contribution >= 0.6 is 0 Å². The van der Waals surface area contributed by atoms with E-state index in [0.29, 0.717) is 0 Å². The number of benzene rings is 1. The topological polar surface area (TPSA) is 49.7 Å². The summed E-state index contributed by atoms with van der Waals surface area (Å²) in [4.78, 5) is 0. The van der Waals surface area contributed by atoms with Crippen LogP contribution in [0.15, 0.2) is 18.2 Å². The predicted octanol–water partition coefficient (Wildman–Crippen LogP) is 1.30. The maximum absolute atomic E-state index is 9.18. The lowest BCUT2D eigenvalue weighted by molar-refractivity contribution is 0.0536. The van der Waals surface area contributed by atoms with Gasteiger partial charge in [0.25, 0.3) is 0 Å². The highest BCUT2D eigenvalue weighted by molar-refractivity contribution is 5.37. The lowest BCUT2D eigenvalue weighted by atomic mass is 9.92. The molecule has 1 aromatic carbocycles. The summed E-state index contributed by atoms with van der Waals surface area (Å²) in [5.41, 5.74) is 2.78. The smallest absolute Gasteiger partial charge is 0.119 e. The molecule has 1 unspecified atom stereocenters. The van der Waals surface area contributed by atoms with Gasteiger partial charge in [-0.25, -0.2) is 0 Å². The maximum Gasteiger partial charge on any atom is 0.119 e. The molecule has 3 nitrogen and oxygen atoms in total. The van der Waals surface area contributed by atoms with Crippen molar-refractivity contribution in [1.29, 1.82) is 0 Å². The van der Waals surface area contributed by atoms with E-state index in [2.05, 4.69) is 12.1 Å². The van der Waals surface area contributed by atoms with Crippen LogP contribution in [0, 0.1) is 0 Å². The molecule has 1 aliphatic rings. The van der Waals surface area contributed by atoms with Crippen LogP contribution in [-0.4, -0.2) is 29.5 Å². The Morgan fingerprint density at radius 2 is 1.94 bits per heavy atom. The van der Waals surface area contributed by atoms with Gasteiger partial charge >= 0.3 is 0 Å². The number of rotatable bonds is 4. The van der Waals surface area contributed by atoms with Gasteiger partial charge in [-0.1, -0.05) is 6.07 Å². The van der Waals surface area contributed by atoms with Gasteiger partial charge in [0.1, 0.15) is 18.5 Å². The largest absolute Gasteiger partial charge is 0.491 e. The third-order valence-electron chi connectivity index (χ3n) is 2.97. The van der Waals surface area contributed by atoms with Crippen molar-refractivity contribution in [2.24, 2.45) is 0 Å². The summed E-state index contributed by atoms with van der Waals surface area (Å²) in [7, 11) is 0. The highest BCUT2D eigenvalue weighted by Gasteiger charge is 2.10. The molecule has 0 saturated carbocycles. The Morgan fingerprint density at radius 3 is 2.69 bits per heavy atom. The van der Waals surface area contributed by atoms with E-state index in [4.69, 9.17) is 9.84 Å². The molecule has 0 amide bonds. The molecule has 0 bridgehead atoms. The van der Waals surface area contributed by atoms with Gasteiger partial charge in [0.15, 0.2) is 0 Å². The van der Waals surface area contributed by atoms with Crippen LogP contribution in [-0.2, 0) is 12.8 Å². The van der Waals surface area contributed by atoms with Crippen molar-refractivity contribution in [3.8, 4) is 5.75 Å². The molecule has 0 aromatic heterocycles. The van der Waals surface area contributed by atoms with Crippen LogP contribution in [0.4, 0.5) is 0 Å². The van der Waals surface area contributed by atoms with Crippen LogP contribution in [0.3, 0.4) is 0 Å². The summed E-state index contributed by atoms with van der Waals surface area (Å²) in [6.07, 6.45) is 4.01. The van der Waals surface area contributed by atoms with E-state index in [9.17, 15) is 5.11 Å². The Balaban J connectivity index is 2.00. The van der Waals surface area contributed by atoms with E-state index >= 15 is 0 Å². The summed E-state index contributed by atoms with van der Waals surface area (Å²) in [5.74, 6) is 0.785. The zero-order valence-corrected chi connectivity index (χ0v) is 9.35. The van der Waals surface area contributed by atoms with E-state index in [1.165, 1.54) is 24.0 Å². The number of hydrogen-bond donors (Lipinski definition) is 2. The fourth-order valence-corrected chi connectivity index (χ4v) is 2.04. The Morgan fingerprint density at radius 1 is 1.19 bits per heavy atom. The second-order valence-corrected chi connectivity index (χ2v) is 4.29. The van der Waals surface area contributed by atoms with Gasteiger partial charge in [-0.3, -0.25) is 0 Å². The number of fused-ring (bicyclic) bond motifs is 1. The molecule has 0 spiro atoms. The van der Waals surface area contributed by atoms with Gasteiger partial charge in [0, 0.05) is 0 Å². The molecule has 1 aliphatic carbocycles. The third kappa shape index (κ3) is 2.74. The Labute approximate surface area is 95.7 Å². The van der Waals surface area contributed by atoms with Gasteiger partial charge in [0.2, 0.25) is 0 Å². The minimum atomic E-state index is -0.795. The summed E-state index contributed by atoms with van der Waals surface area (Å²) in [6, 6.07) is 6.10. The van der Waals surface area contributed by atoms with Crippen LogP contribution in [0.2, 0.25) is 0 Å². The first-order valence-corrected chi connectivity index (χ1v) is 5.83. The predicted molar refractivity (Wildman–Crippen MR) is 61.7 cm³/mol. The van der Waals surface area contributed by atoms with Gasteiger partial charge in [-0.05, 0) is 48.9 Å². The second kappa shape index (κ2) is 5.32. The number of aliphatic hydroxyl groups is 2. The first-order valence-electron chi connectivity index (χ1n) is 5.83. The third-order valence-corrected chi connectivity index (χ3v) is 2.97. The van der Waals surface area contributed by atoms with Crippen LogP contribution in [0.25, 0.3) is 0 Å². The molecule has 1 aromatic rings. The monoisotopic (exact) mass is 222 g/mol.